The Labute approximate surface area is 193 Å². The molecule has 0 atom stereocenters. The second-order valence-corrected chi connectivity index (χ2v) is 9.30. The predicted octanol–water partition coefficient (Wildman–Crippen LogP) is 3.63. The minimum atomic E-state index is -4.91. The predicted molar refractivity (Wildman–Crippen MR) is 109 cm³/mol. The van der Waals surface area contributed by atoms with Crippen molar-refractivity contribution in [3.8, 4) is 5.75 Å². The summed E-state index contributed by atoms with van der Waals surface area (Å²) in [7, 11) is -9.78. The molecular weight excluding hydrogens is 499 g/mol. The van der Waals surface area contributed by atoms with Gasteiger partial charge in [-0.25, -0.2) is 8.42 Å². The minimum absolute atomic E-state index is 0. The molecule has 0 aromatic heterocycles. The maximum absolute atomic E-state index is 12.3. The number of hydrogen-bond donors (Lipinski definition) is 1. The number of hydrogen-bond acceptors (Lipinski definition) is 8. The molecule has 32 heavy (non-hydrogen) atoms. The van der Waals surface area contributed by atoms with Gasteiger partial charge in [-0.3, -0.25) is 4.55 Å². The monoisotopic (exact) mass is 511 g/mol. The van der Waals surface area contributed by atoms with Crippen molar-refractivity contribution in [3.63, 3.8) is 0 Å². The summed E-state index contributed by atoms with van der Waals surface area (Å²) < 4.78 is 68.0. The molecule has 0 bridgehead atoms. The van der Waals surface area contributed by atoms with Gasteiger partial charge in [-0.05, 0) is 29.0 Å². The molecule has 4 aromatic carbocycles. The molecule has 12 heteroatoms. The zero-order chi connectivity index (χ0) is 22.4. The number of rotatable bonds is 4. The number of benzene rings is 4. The Bertz CT molecular complexity index is 1600. The molecule has 0 heterocycles. The molecular formula is C20H12MnN2O7S2. The molecule has 9 nitrogen and oxygen atoms in total. The summed E-state index contributed by atoms with van der Waals surface area (Å²) in [4.78, 5) is -1.40. The summed E-state index contributed by atoms with van der Waals surface area (Å²) in [5.41, 5.74) is -0.363. The van der Waals surface area contributed by atoms with E-state index in [4.69, 9.17) is 0 Å². The van der Waals surface area contributed by atoms with Crippen LogP contribution in [0, 0.1) is 0 Å². The van der Waals surface area contributed by atoms with Gasteiger partial charge in [0.1, 0.15) is 20.7 Å². The van der Waals surface area contributed by atoms with Crippen LogP contribution in [-0.2, 0) is 37.3 Å². The molecule has 0 amide bonds. The Morgan fingerprint density at radius 3 is 2.12 bits per heavy atom. The van der Waals surface area contributed by atoms with Gasteiger partial charge < -0.3 is 9.66 Å². The van der Waals surface area contributed by atoms with Crippen molar-refractivity contribution in [2.45, 2.75) is 9.79 Å². The molecule has 1 N–H and O–H groups in total. The third-order valence-electron chi connectivity index (χ3n) is 4.59. The van der Waals surface area contributed by atoms with Crippen LogP contribution in [0.4, 0.5) is 11.4 Å². The Morgan fingerprint density at radius 1 is 0.750 bits per heavy atom. The van der Waals surface area contributed by atoms with E-state index in [0.717, 1.165) is 23.6 Å². The van der Waals surface area contributed by atoms with E-state index < -0.39 is 35.8 Å². The normalized spacial score (nSPS) is 12.3. The maximum atomic E-state index is 12.3. The summed E-state index contributed by atoms with van der Waals surface area (Å²) >= 11 is 0. The van der Waals surface area contributed by atoms with Gasteiger partial charge in [-0.15, -0.1) is 5.11 Å². The molecule has 163 valence electrons. The third kappa shape index (κ3) is 4.51. The van der Waals surface area contributed by atoms with E-state index >= 15 is 0 Å². The van der Waals surface area contributed by atoms with Crippen molar-refractivity contribution >= 4 is 53.2 Å². The van der Waals surface area contributed by atoms with Crippen molar-refractivity contribution in [1.82, 2.24) is 0 Å². The topological polar surface area (TPSA) is 159 Å². The van der Waals surface area contributed by atoms with Crippen molar-refractivity contribution in [2.24, 2.45) is 10.2 Å². The van der Waals surface area contributed by atoms with Crippen LogP contribution in [0.1, 0.15) is 0 Å². The molecule has 0 aliphatic heterocycles. The first kappa shape index (κ1) is 23.8. The Balaban J connectivity index is 0.00000289. The fourth-order valence-electron chi connectivity index (χ4n) is 3.21. The van der Waals surface area contributed by atoms with Gasteiger partial charge in [0.2, 0.25) is 0 Å². The van der Waals surface area contributed by atoms with Gasteiger partial charge in [0.25, 0.3) is 10.1 Å². The van der Waals surface area contributed by atoms with E-state index in [-0.39, 0.29) is 39.2 Å². The van der Waals surface area contributed by atoms with Crippen LogP contribution < -0.4 is 5.11 Å². The van der Waals surface area contributed by atoms with E-state index in [1.165, 1.54) is 18.2 Å². The SMILES string of the molecule is O=S(=O)([O-])c1cccc2cc(N=Nc3c([O-])ccc4ccccc34)c(S(=O)(=O)O)cc12.[Mn+2]. The standard InChI is InChI=1S/C20H14N2O7S2.Mn/c23-17-9-8-12-4-1-2-6-14(12)20(17)22-21-16-10-13-5-3-7-18(30(24,25)26)15(13)11-19(16)31(27,28)29;/h1-11,23H,(H,24,25,26)(H,27,28,29);/q;+2/p-2. The van der Waals surface area contributed by atoms with Crippen molar-refractivity contribution in [3.05, 3.63) is 66.7 Å². The van der Waals surface area contributed by atoms with E-state index in [1.807, 2.05) is 0 Å². The molecule has 0 aliphatic rings. The first-order valence-electron chi connectivity index (χ1n) is 8.66. The van der Waals surface area contributed by atoms with Crippen LogP contribution in [0.3, 0.4) is 0 Å². The van der Waals surface area contributed by atoms with Crippen LogP contribution in [0.15, 0.2) is 86.7 Å². The molecule has 1 radical (unpaired) electrons. The molecule has 4 rings (SSSR count). The third-order valence-corrected chi connectivity index (χ3v) is 6.37. The van der Waals surface area contributed by atoms with Crippen molar-refractivity contribution in [2.75, 3.05) is 0 Å². The van der Waals surface area contributed by atoms with Gasteiger partial charge in [-0.1, -0.05) is 54.3 Å². The van der Waals surface area contributed by atoms with Crippen LogP contribution in [0.5, 0.6) is 5.75 Å². The van der Waals surface area contributed by atoms with Crippen LogP contribution >= 0.6 is 0 Å². The second-order valence-electron chi connectivity index (χ2n) is 6.56. The van der Waals surface area contributed by atoms with Gasteiger partial charge in [-0.2, -0.15) is 13.5 Å². The molecule has 0 unspecified atom stereocenters. The second kappa shape index (κ2) is 8.58. The van der Waals surface area contributed by atoms with Crippen molar-refractivity contribution < 1.29 is 48.1 Å². The smallest absolute Gasteiger partial charge is 0.871 e. The molecule has 0 saturated heterocycles. The molecule has 4 aromatic rings. The summed E-state index contributed by atoms with van der Waals surface area (Å²) in [6.07, 6.45) is 0. The van der Waals surface area contributed by atoms with Crippen LogP contribution in [-0.4, -0.2) is 25.9 Å². The molecule has 0 saturated carbocycles. The van der Waals surface area contributed by atoms with Crippen LogP contribution in [0.2, 0.25) is 0 Å². The van der Waals surface area contributed by atoms with E-state index in [0.29, 0.717) is 5.39 Å². The average Bonchev–Trinajstić information content (AvgIpc) is 2.70. The average molecular weight is 511 g/mol. The summed E-state index contributed by atoms with van der Waals surface area (Å²) in [5, 5.41) is 21.2. The van der Waals surface area contributed by atoms with E-state index in [9.17, 15) is 31.0 Å². The summed E-state index contributed by atoms with van der Waals surface area (Å²) in [5.74, 6) is -0.448. The Hall–Kier alpha value is -2.86. The largest absolute Gasteiger partial charge is 2.00 e. The summed E-state index contributed by atoms with van der Waals surface area (Å²) in [6.45, 7) is 0. The number of fused-ring (bicyclic) bond motifs is 2. The molecule has 0 spiro atoms. The van der Waals surface area contributed by atoms with Gasteiger partial charge in [0.15, 0.2) is 0 Å². The fraction of sp³-hybridized carbons (Fsp3) is 0. The first-order valence-corrected chi connectivity index (χ1v) is 11.5. The maximum Gasteiger partial charge on any atom is 2.00 e. The van der Waals surface area contributed by atoms with Gasteiger partial charge in [0, 0.05) is 10.8 Å². The minimum Gasteiger partial charge on any atom is -0.871 e. The van der Waals surface area contributed by atoms with Crippen LogP contribution in [0.25, 0.3) is 21.5 Å². The van der Waals surface area contributed by atoms with Gasteiger partial charge in [0.05, 0.1) is 10.6 Å². The first-order chi connectivity index (χ1) is 14.6. The fourth-order valence-corrected chi connectivity index (χ4v) is 4.53. The molecule has 0 fully saturated rings. The number of azo groups is 1. The van der Waals surface area contributed by atoms with Gasteiger partial charge >= 0.3 is 17.1 Å². The Morgan fingerprint density at radius 2 is 1.44 bits per heavy atom. The zero-order valence-electron chi connectivity index (χ0n) is 15.8. The van der Waals surface area contributed by atoms with E-state index in [2.05, 4.69) is 10.2 Å². The number of nitrogens with zero attached hydrogens (tertiary/aromatic N) is 2. The molecule has 0 aliphatic carbocycles. The zero-order valence-corrected chi connectivity index (χ0v) is 18.6. The Kier molecular flexibility index (Phi) is 6.38. The van der Waals surface area contributed by atoms with E-state index in [1.54, 1.807) is 30.3 Å². The summed E-state index contributed by atoms with van der Waals surface area (Å²) in [6, 6.07) is 15.6. The quantitative estimate of drug-likeness (QED) is 0.249. The van der Waals surface area contributed by atoms with Crippen molar-refractivity contribution in [1.29, 1.82) is 0 Å².